The minimum atomic E-state index is -1.66. The van der Waals surface area contributed by atoms with Gasteiger partial charge >= 0.3 is 5.97 Å². The molecule has 2 atom stereocenters. The SMILES string of the molecule is O=C(O)C1Cc2c([nH]c3ccccc23)C(C(O)O)N1. The van der Waals surface area contributed by atoms with Gasteiger partial charge in [-0.1, -0.05) is 18.2 Å². The van der Waals surface area contributed by atoms with E-state index in [4.69, 9.17) is 5.11 Å². The Morgan fingerprint density at radius 1 is 1.32 bits per heavy atom. The molecule has 2 heterocycles. The molecular weight excluding hydrogens is 248 g/mol. The number of nitrogens with one attached hydrogen (secondary N) is 2. The second-order valence-electron chi connectivity index (χ2n) is 4.72. The molecule has 0 fully saturated rings. The number of H-pyrrole nitrogens is 1. The lowest BCUT2D eigenvalue weighted by molar-refractivity contribution is -0.141. The molecule has 1 aromatic carbocycles. The van der Waals surface area contributed by atoms with Gasteiger partial charge in [-0.2, -0.15) is 0 Å². The van der Waals surface area contributed by atoms with Crippen LogP contribution in [-0.2, 0) is 11.2 Å². The van der Waals surface area contributed by atoms with Gasteiger partial charge in [0.15, 0.2) is 6.29 Å². The van der Waals surface area contributed by atoms with E-state index >= 15 is 0 Å². The predicted octanol–water partition coefficient (Wildman–Crippen LogP) is 0.119. The summed E-state index contributed by atoms with van der Waals surface area (Å²) in [7, 11) is 0. The van der Waals surface area contributed by atoms with Crippen LogP contribution in [0, 0.1) is 0 Å². The molecule has 6 heteroatoms. The van der Waals surface area contributed by atoms with Gasteiger partial charge in [0.25, 0.3) is 0 Å². The molecule has 19 heavy (non-hydrogen) atoms. The van der Waals surface area contributed by atoms with Crippen molar-refractivity contribution in [3.63, 3.8) is 0 Å². The predicted molar refractivity (Wildman–Crippen MR) is 67.5 cm³/mol. The number of aromatic nitrogens is 1. The van der Waals surface area contributed by atoms with E-state index in [0.717, 1.165) is 16.5 Å². The van der Waals surface area contributed by atoms with Crippen molar-refractivity contribution in [2.45, 2.75) is 24.8 Å². The van der Waals surface area contributed by atoms with Gasteiger partial charge in [-0.25, -0.2) is 0 Å². The molecule has 2 aromatic rings. The number of aliphatic hydroxyl groups is 2. The Bertz CT molecular complexity index is 635. The maximum absolute atomic E-state index is 11.2. The van der Waals surface area contributed by atoms with Crippen molar-refractivity contribution in [2.24, 2.45) is 0 Å². The van der Waals surface area contributed by atoms with Gasteiger partial charge in [-0.15, -0.1) is 0 Å². The number of hydrogen-bond acceptors (Lipinski definition) is 4. The van der Waals surface area contributed by atoms with Crippen molar-refractivity contribution in [1.29, 1.82) is 0 Å². The monoisotopic (exact) mass is 262 g/mol. The first-order valence-corrected chi connectivity index (χ1v) is 6.02. The van der Waals surface area contributed by atoms with Gasteiger partial charge in [0.1, 0.15) is 6.04 Å². The summed E-state index contributed by atoms with van der Waals surface area (Å²) >= 11 is 0. The van der Waals surface area contributed by atoms with Crippen LogP contribution in [0.15, 0.2) is 24.3 Å². The molecular formula is C13H14N2O4. The number of aromatic amines is 1. The van der Waals surface area contributed by atoms with Gasteiger partial charge in [0.05, 0.1) is 6.04 Å². The largest absolute Gasteiger partial charge is 0.480 e. The first-order valence-electron chi connectivity index (χ1n) is 6.02. The van der Waals surface area contributed by atoms with Crippen molar-refractivity contribution in [1.82, 2.24) is 10.3 Å². The molecule has 3 rings (SSSR count). The van der Waals surface area contributed by atoms with Crippen LogP contribution in [0.2, 0.25) is 0 Å². The number of aliphatic hydroxyl groups excluding tert-OH is 1. The summed E-state index contributed by atoms with van der Waals surface area (Å²) in [4.78, 5) is 14.3. The third-order valence-electron chi connectivity index (χ3n) is 3.54. The molecule has 0 saturated heterocycles. The number of fused-ring (bicyclic) bond motifs is 3. The van der Waals surface area contributed by atoms with Gasteiger partial charge in [0, 0.05) is 23.0 Å². The number of benzene rings is 1. The summed E-state index contributed by atoms with van der Waals surface area (Å²) in [5.74, 6) is -0.999. The van der Waals surface area contributed by atoms with Gasteiger partial charge in [-0.3, -0.25) is 10.1 Å². The van der Waals surface area contributed by atoms with E-state index in [0.29, 0.717) is 12.1 Å². The number of para-hydroxylation sites is 1. The maximum atomic E-state index is 11.2. The molecule has 6 nitrogen and oxygen atoms in total. The Balaban J connectivity index is 2.16. The summed E-state index contributed by atoms with van der Waals surface area (Å²) in [6, 6.07) is 5.88. The van der Waals surface area contributed by atoms with E-state index in [1.807, 2.05) is 24.3 Å². The molecule has 1 aromatic heterocycles. The van der Waals surface area contributed by atoms with Crippen molar-refractivity contribution in [2.75, 3.05) is 0 Å². The molecule has 5 N–H and O–H groups in total. The first-order chi connectivity index (χ1) is 9.08. The minimum absolute atomic E-state index is 0.317. The van der Waals surface area contributed by atoms with E-state index in [2.05, 4.69) is 10.3 Å². The molecule has 0 aliphatic carbocycles. The van der Waals surface area contributed by atoms with Crippen LogP contribution in [0.4, 0.5) is 0 Å². The number of carboxylic acids is 1. The molecule has 2 unspecified atom stereocenters. The number of carbonyl (C=O) groups is 1. The van der Waals surface area contributed by atoms with E-state index in [1.54, 1.807) is 0 Å². The fourth-order valence-corrected chi connectivity index (χ4v) is 2.66. The third-order valence-corrected chi connectivity index (χ3v) is 3.54. The molecule has 0 saturated carbocycles. The van der Waals surface area contributed by atoms with E-state index in [9.17, 15) is 15.0 Å². The molecule has 100 valence electrons. The maximum Gasteiger partial charge on any atom is 0.321 e. The van der Waals surface area contributed by atoms with Crippen molar-refractivity contribution < 1.29 is 20.1 Å². The molecule has 0 spiro atoms. The summed E-state index contributed by atoms with van der Waals surface area (Å²) in [5.41, 5.74) is 2.35. The Kier molecular flexibility index (Phi) is 2.78. The third kappa shape index (κ3) is 1.90. The lowest BCUT2D eigenvalue weighted by Crippen LogP contribution is -2.48. The van der Waals surface area contributed by atoms with Gasteiger partial charge < -0.3 is 20.3 Å². The summed E-state index contributed by atoms with van der Waals surface area (Å²) in [5, 5.41) is 31.7. The summed E-state index contributed by atoms with van der Waals surface area (Å²) in [6.07, 6.45) is -1.34. The smallest absolute Gasteiger partial charge is 0.321 e. The van der Waals surface area contributed by atoms with Crippen LogP contribution in [0.1, 0.15) is 17.3 Å². The standard InChI is InChI=1S/C13H14N2O4/c16-12(17)9-5-7-6-3-1-2-4-8(6)14-10(7)11(15-9)13(18)19/h1-4,9,11,13-15,18-19H,5H2,(H,16,17). The van der Waals surface area contributed by atoms with Crippen LogP contribution < -0.4 is 5.32 Å². The average Bonchev–Trinajstić information content (AvgIpc) is 2.75. The fraction of sp³-hybridized carbons (Fsp3) is 0.308. The van der Waals surface area contributed by atoms with Crippen LogP contribution >= 0.6 is 0 Å². The topological polar surface area (TPSA) is 106 Å². The Hall–Kier alpha value is -1.89. The van der Waals surface area contributed by atoms with Crippen LogP contribution in [0.25, 0.3) is 10.9 Å². The van der Waals surface area contributed by atoms with Crippen LogP contribution in [-0.4, -0.2) is 38.6 Å². The normalized spacial score (nSPS) is 22.7. The second kappa shape index (κ2) is 4.34. The zero-order valence-corrected chi connectivity index (χ0v) is 10.00. The molecule has 0 bridgehead atoms. The van der Waals surface area contributed by atoms with E-state index in [1.165, 1.54) is 0 Å². The highest BCUT2D eigenvalue weighted by molar-refractivity contribution is 5.86. The quantitative estimate of drug-likeness (QED) is 0.494. The van der Waals surface area contributed by atoms with Crippen molar-refractivity contribution in [3.05, 3.63) is 35.5 Å². The Labute approximate surface area is 108 Å². The lowest BCUT2D eigenvalue weighted by Gasteiger charge is -2.30. The number of aliphatic carboxylic acids is 1. The number of carboxylic acid groups (broad SMARTS) is 1. The molecule has 0 amide bonds. The lowest BCUT2D eigenvalue weighted by atomic mass is 9.93. The zero-order chi connectivity index (χ0) is 13.6. The Morgan fingerprint density at radius 3 is 2.74 bits per heavy atom. The van der Waals surface area contributed by atoms with Crippen LogP contribution in [0.3, 0.4) is 0 Å². The van der Waals surface area contributed by atoms with Gasteiger partial charge in [-0.05, 0) is 11.6 Å². The molecule has 1 aliphatic heterocycles. The van der Waals surface area contributed by atoms with E-state index in [-0.39, 0.29) is 0 Å². The first kappa shape index (κ1) is 12.2. The second-order valence-corrected chi connectivity index (χ2v) is 4.72. The highest BCUT2D eigenvalue weighted by atomic mass is 16.5. The fourth-order valence-electron chi connectivity index (χ4n) is 2.66. The van der Waals surface area contributed by atoms with Gasteiger partial charge in [0.2, 0.25) is 0 Å². The van der Waals surface area contributed by atoms with Crippen LogP contribution in [0.5, 0.6) is 0 Å². The number of hydrogen-bond donors (Lipinski definition) is 5. The average molecular weight is 262 g/mol. The molecule has 1 aliphatic rings. The highest BCUT2D eigenvalue weighted by Gasteiger charge is 2.35. The van der Waals surface area contributed by atoms with Crippen molar-refractivity contribution >= 4 is 16.9 Å². The summed E-state index contributed by atoms with van der Waals surface area (Å²) in [6.45, 7) is 0. The van der Waals surface area contributed by atoms with E-state index < -0.39 is 24.3 Å². The number of rotatable bonds is 2. The highest BCUT2D eigenvalue weighted by Crippen LogP contribution is 2.32. The minimum Gasteiger partial charge on any atom is -0.480 e. The summed E-state index contributed by atoms with van der Waals surface area (Å²) < 4.78 is 0. The zero-order valence-electron chi connectivity index (χ0n) is 10.00. The van der Waals surface area contributed by atoms with Crippen molar-refractivity contribution in [3.8, 4) is 0 Å². The molecule has 0 radical (unpaired) electrons. The Morgan fingerprint density at radius 2 is 2.05 bits per heavy atom.